The molecule has 4 aliphatic rings. The van der Waals surface area contributed by atoms with E-state index in [2.05, 4.69) is 5.32 Å². The Kier molecular flexibility index (Phi) is 5.60. The van der Waals surface area contributed by atoms with Crippen LogP contribution < -0.4 is 5.32 Å². The van der Waals surface area contributed by atoms with Gasteiger partial charge in [-0.05, 0) is 46.9 Å². The lowest BCUT2D eigenvalue weighted by Crippen LogP contribution is -2.41. The van der Waals surface area contributed by atoms with E-state index in [1.165, 1.54) is 0 Å². The monoisotopic (exact) mass is 514 g/mol. The van der Waals surface area contributed by atoms with Gasteiger partial charge in [-0.1, -0.05) is 66.2 Å². The largest absolute Gasteiger partial charge is 0.454 e. The summed E-state index contributed by atoms with van der Waals surface area (Å²) in [5.74, 6) is -3.73. The van der Waals surface area contributed by atoms with Crippen LogP contribution in [0.25, 0.3) is 0 Å². The smallest absolute Gasteiger partial charge is 0.326 e. The van der Waals surface area contributed by atoms with Crippen LogP contribution in [0.3, 0.4) is 0 Å². The molecule has 1 heterocycles. The molecule has 3 aromatic carbocycles. The van der Waals surface area contributed by atoms with E-state index in [9.17, 15) is 19.2 Å². The number of esters is 1. The number of carbonyl (C=O) groups excluding carboxylic acids is 4. The summed E-state index contributed by atoms with van der Waals surface area (Å²) in [5, 5.41) is 3.11. The number of rotatable bonds is 5. The number of imide groups is 1. The summed E-state index contributed by atoms with van der Waals surface area (Å²) in [6.45, 7) is 0.769. The second-order valence-corrected chi connectivity index (χ2v) is 10.1. The third-order valence-corrected chi connectivity index (χ3v) is 8.05. The molecule has 3 aliphatic carbocycles. The van der Waals surface area contributed by atoms with E-state index in [1.54, 1.807) is 18.2 Å². The molecule has 186 valence electrons. The average molecular weight is 515 g/mol. The predicted molar refractivity (Wildman–Crippen MR) is 136 cm³/mol. The lowest BCUT2D eigenvalue weighted by Gasteiger charge is -2.45. The molecule has 2 atom stereocenters. The Balaban J connectivity index is 1.17. The van der Waals surface area contributed by atoms with E-state index < -0.39 is 36.9 Å². The number of amides is 3. The van der Waals surface area contributed by atoms with Crippen LogP contribution >= 0.6 is 11.6 Å². The Bertz CT molecular complexity index is 1370. The van der Waals surface area contributed by atoms with Crippen molar-refractivity contribution in [2.75, 3.05) is 18.5 Å². The van der Waals surface area contributed by atoms with Crippen LogP contribution in [0, 0.1) is 18.8 Å². The first-order valence-electron chi connectivity index (χ1n) is 12.1. The topological polar surface area (TPSA) is 92.8 Å². The molecule has 1 N–H and O–H groups in total. The van der Waals surface area contributed by atoms with E-state index in [0.29, 0.717) is 10.7 Å². The maximum absolute atomic E-state index is 13.5. The molecule has 8 heteroatoms. The van der Waals surface area contributed by atoms with Gasteiger partial charge in [-0.15, -0.1) is 0 Å². The zero-order valence-corrected chi connectivity index (χ0v) is 20.7. The van der Waals surface area contributed by atoms with E-state index in [1.807, 2.05) is 55.5 Å². The first-order valence-corrected chi connectivity index (χ1v) is 12.5. The van der Waals surface area contributed by atoms with Gasteiger partial charge >= 0.3 is 5.97 Å². The average Bonchev–Trinajstić information content (AvgIpc) is 3.15. The van der Waals surface area contributed by atoms with E-state index in [-0.39, 0.29) is 23.7 Å². The summed E-state index contributed by atoms with van der Waals surface area (Å²) < 4.78 is 5.10. The van der Waals surface area contributed by atoms with Crippen molar-refractivity contribution in [3.8, 4) is 0 Å². The fraction of sp³-hybridized carbons (Fsp3) is 0.241. The molecular formula is C29H23ClN2O5. The zero-order chi connectivity index (χ0) is 25.8. The highest BCUT2D eigenvalue weighted by Crippen LogP contribution is 2.60. The Morgan fingerprint density at radius 2 is 1.38 bits per heavy atom. The van der Waals surface area contributed by atoms with Crippen molar-refractivity contribution in [3.05, 3.63) is 99.6 Å². The molecule has 0 spiro atoms. The molecular weight excluding hydrogens is 492 g/mol. The van der Waals surface area contributed by atoms with Gasteiger partial charge in [-0.2, -0.15) is 0 Å². The molecule has 7 nitrogen and oxygen atoms in total. The second-order valence-electron chi connectivity index (χ2n) is 9.70. The van der Waals surface area contributed by atoms with Crippen molar-refractivity contribution < 1.29 is 23.9 Å². The van der Waals surface area contributed by atoms with Gasteiger partial charge in [-0.25, -0.2) is 0 Å². The maximum atomic E-state index is 13.5. The van der Waals surface area contributed by atoms with E-state index in [4.69, 9.17) is 16.3 Å². The van der Waals surface area contributed by atoms with Crippen molar-refractivity contribution in [2.45, 2.75) is 18.8 Å². The van der Waals surface area contributed by atoms with Gasteiger partial charge in [-0.3, -0.25) is 24.1 Å². The predicted octanol–water partition coefficient (Wildman–Crippen LogP) is 4.02. The minimum atomic E-state index is -0.820. The Morgan fingerprint density at radius 3 is 1.86 bits per heavy atom. The molecule has 1 fully saturated rings. The molecule has 1 saturated heterocycles. The van der Waals surface area contributed by atoms with Gasteiger partial charge in [0.1, 0.15) is 6.54 Å². The summed E-state index contributed by atoms with van der Waals surface area (Å²) >= 11 is 6.08. The number of halogens is 1. The van der Waals surface area contributed by atoms with Crippen LogP contribution in [-0.4, -0.2) is 41.7 Å². The highest BCUT2D eigenvalue weighted by Gasteiger charge is 2.61. The molecule has 1 aliphatic heterocycles. The van der Waals surface area contributed by atoms with Gasteiger partial charge in [0.05, 0.1) is 11.8 Å². The van der Waals surface area contributed by atoms with E-state index >= 15 is 0 Å². The van der Waals surface area contributed by atoms with Crippen molar-refractivity contribution >= 4 is 41.0 Å². The first kappa shape index (κ1) is 23.4. The molecule has 0 saturated carbocycles. The van der Waals surface area contributed by atoms with Crippen molar-refractivity contribution in [1.82, 2.24) is 4.90 Å². The van der Waals surface area contributed by atoms with Gasteiger partial charge in [0.15, 0.2) is 6.61 Å². The molecule has 3 aromatic rings. The van der Waals surface area contributed by atoms with Crippen molar-refractivity contribution in [1.29, 1.82) is 0 Å². The molecule has 2 bridgehead atoms. The molecule has 0 unspecified atom stereocenters. The van der Waals surface area contributed by atoms with Gasteiger partial charge in [0.2, 0.25) is 11.8 Å². The van der Waals surface area contributed by atoms with Crippen LogP contribution in [-0.2, 0) is 23.9 Å². The summed E-state index contributed by atoms with van der Waals surface area (Å²) in [7, 11) is 0. The van der Waals surface area contributed by atoms with E-state index in [0.717, 1.165) is 32.7 Å². The summed E-state index contributed by atoms with van der Waals surface area (Å²) in [5.41, 5.74) is 5.58. The van der Waals surface area contributed by atoms with Crippen molar-refractivity contribution in [3.63, 3.8) is 0 Å². The Hall–Kier alpha value is -3.97. The lowest BCUT2D eigenvalue weighted by atomic mass is 9.55. The number of hydrogen-bond acceptors (Lipinski definition) is 5. The third kappa shape index (κ3) is 3.73. The molecule has 7 rings (SSSR count). The summed E-state index contributed by atoms with van der Waals surface area (Å²) in [6.07, 6.45) is 0. The van der Waals surface area contributed by atoms with Crippen LogP contribution in [0.5, 0.6) is 0 Å². The lowest BCUT2D eigenvalue weighted by molar-refractivity contribution is -0.154. The number of aryl methyl sites for hydroxylation is 1. The van der Waals surface area contributed by atoms with Gasteiger partial charge < -0.3 is 10.1 Å². The molecule has 37 heavy (non-hydrogen) atoms. The number of benzene rings is 3. The summed E-state index contributed by atoms with van der Waals surface area (Å²) in [4.78, 5) is 52.9. The minimum absolute atomic E-state index is 0.244. The molecule has 0 aromatic heterocycles. The number of nitrogens with one attached hydrogen (secondary N) is 1. The fourth-order valence-electron chi connectivity index (χ4n) is 6.08. The number of hydrogen-bond donors (Lipinski definition) is 1. The van der Waals surface area contributed by atoms with Gasteiger partial charge in [0, 0.05) is 22.5 Å². The highest BCUT2D eigenvalue weighted by molar-refractivity contribution is 6.31. The standard InChI is InChI=1S/C29H23ClN2O5/c1-15-10-11-16(12-21(15)30)31-22(33)14-37-23(34)13-32-28(35)26-24-17-6-2-3-7-18(17)25(27(26)29(32)36)20-9-5-4-8-19(20)24/h2-12,24-27H,13-14H2,1H3,(H,31,33)/t24?,25?,26-,27-/m0/s1. The van der Waals surface area contributed by atoms with Crippen LogP contribution in [0.4, 0.5) is 5.69 Å². The third-order valence-electron chi connectivity index (χ3n) is 7.65. The number of likely N-dealkylation sites (tertiary alicyclic amines) is 1. The fourth-order valence-corrected chi connectivity index (χ4v) is 6.26. The normalized spacial score (nSPS) is 22.8. The molecule has 3 amide bonds. The first-order chi connectivity index (χ1) is 17.8. The number of ether oxygens (including phenoxy) is 1. The van der Waals surface area contributed by atoms with Crippen LogP contribution in [0.2, 0.25) is 5.02 Å². The SMILES string of the molecule is Cc1ccc(NC(=O)COC(=O)CN2C(=O)[C@H]3C4c5ccccc5C(c5ccccc54)[C@@H]3C2=O)cc1Cl. The number of carbonyl (C=O) groups is 4. The minimum Gasteiger partial charge on any atom is -0.454 e. The van der Waals surface area contributed by atoms with Crippen LogP contribution in [0.15, 0.2) is 66.7 Å². The second kappa shape index (κ2) is 8.85. The molecule has 0 radical (unpaired) electrons. The zero-order valence-electron chi connectivity index (χ0n) is 19.9. The Morgan fingerprint density at radius 1 is 0.865 bits per heavy atom. The quantitative estimate of drug-likeness (QED) is 0.410. The van der Waals surface area contributed by atoms with Gasteiger partial charge in [0.25, 0.3) is 5.91 Å². The Labute approximate surface area is 218 Å². The maximum Gasteiger partial charge on any atom is 0.326 e. The van der Waals surface area contributed by atoms with Crippen molar-refractivity contribution in [2.24, 2.45) is 11.8 Å². The number of anilines is 1. The number of nitrogens with zero attached hydrogens (tertiary/aromatic N) is 1. The highest BCUT2D eigenvalue weighted by atomic mass is 35.5. The van der Waals surface area contributed by atoms with Crippen LogP contribution in [0.1, 0.15) is 39.7 Å². The summed E-state index contributed by atoms with van der Waals surface area (Å²) in [6, 6.07) is 20.9.